The van der Waals surface area contributed by atoms with Crippen molar-refractivity contribution >= 4 is 27.9 Å². The van der Waals surface area contributed by atoms with Crippen molar-refractivity contribution in [3.05, 3.63) is 107 Å². The van der Waals surface area contributed by atoms with E-state index in [0.717, 1.165) is 34.0 Å². The van der Waals surface area contributed by atoms with E-state index in [4.69, 9.17) is 14.7 Å². The summed E-state index contributed by atoms with van der Waals surface area (Å²) in [7, 11) is 0. The highest BCUT2D eigenvalue weighted by Crippen LogP contribution is 2.34. The second kappa shape index (κ2) is 8.19. The average Bonchev–Trinajstić information content (AvgIpc) is 3.09. The lowest BCUT2D eigenvalue weighted by atomic mass is 10.1. The van der Waals surface area contributed by atoms with Crippen LogP contribution in [0.5, 0.6) is 5.75 Å². The number of hydrogen-bond donors (Lipinski definition) is 0. The van der Waals surface area contributed by atoms with E-state index in [-0.39, 0.29) is 0 Å². The second-order valence-electron chi connectivity index (χ2n) is 7.80. The molecule has 0 saturated heterocycles. The van der Waals surface area contributed by atoms with E-state index in [1.807, 2.05) is 30.3 Å². The third kappa shape index (κ3) is 3.64. The largest absolute Gasteiger partial charge is 0.492 e. The van der Waals surface area contributed by atoms with Crippen LogP contribution in [0.25, 0.3) is 10.8 Å². The molecule has 0 fully saturated rings. The molecular formula is C28H24N2O. The van der Waals surface area contributed by atoms with Gasteiger partial charge in [-0.25, -0.2) is 4.99 Å². The van der Waals surface area contributed by atoms with E-state index in [0.29, 0.717) is 13.2 Å². The predicted molar refractivity (Wildman–Crippen MR) is 129 cm³/mol. The summed E-state index contributed by atoms with van der Waals surface area (Å²) in [4.78, 5) is 10.1. The van der Waals surface area contributed by atoms with Gasteiger partial charge in [-0.2, -0.15) is 0 Å². The van der Waals surface area contributed by atoms with Crippen molar-refractivity contribution in [3.63, 3.8) is 0 Å². The van der Waals surface area contributed by atoms with Gasteiger partial charge in [0.25, 0.3) is 0 Å². The first-order valence-electron chi connectivity index (χ1n) is 10.6. The smallest absolute Gasteiger partial charge is 0.119 e. The maximum Gasteiger partial charge on any atom is 0.119 e. The summed E-state index contributed by atoms with van der Waals surface area (Å²) in [5.41, 5.74) is 7.56. The molecule has 0 radical (unpaired) electrons. The predicted octanol–water partition coefficient (Wildman–Crippen LogP) is 6.46. The first-order valence-corrected chi connectivity index (χ1v) is 10.6. The average molecular weight is 405 g/mol. The molecular weight excluding hydrogens is 380 g/mol. The van der Waals surface area contributed by atoms with Crippen molar-refractivity contribution in [2.45, 2.75) is 13.8 Å². The molecule has 3 nitrogen and oxygen atoms in total. The van der Waals surface area contributed by atoms with E-state index in [1.54, 1.807) is 0 Å². The van der Waals surface area contributed by atoms with Crippen molar-refractivity contribution in [2.75, 3.05) is 13.2 Å². The normalized spacial score (nSPS) is 15.2. The van der Waals surface area contributed by atoms with Gasteiger partial charge in [0, 0.05) is 16.5 Å². The monoisotopic (exact) mass is 404 g/mol. The zero-order valence-electron chi connectivity index (χ0n) is 17.8. The molecule has 0 N–H and O–H groups in total. The van der Waals surface area contributed by atoms with Gasteiger partial charge in [-0.05, 0) is 42.5 Å². The van der Waals surface area contributed by atoms with Crippen molar-refractivity contribution in [1.82, 2.24) is 0 Å². The Morgan fingerprint density at radius 1 is 0.677 bits per heavy atom. The summed E-state index contributed by atoms with van der Waals surface area (Å²) in [6, 6.07) is 29.0. The molecule has 31 heavy (non-hydrogen) atoms. The molecule has 0 saturated carbocycles. The zero-order valence-corrected chi connectivity index (χ0v) is 17.8. The van der Waals surface area contributed by atoms with Gasteiger partial charge in [0.15, 0.2) is 0 Å². The van der Waals surface area contributed by atoms with Crippen LogP contribution in [0.1, 0.15) is 22.3 Å². The van der Waals surface area contributed by atoms with Crippen LogP contribution in [0.2, 0.25) is 0 Å². The molecule has 1 aliphatic carbocycles. The molecule has 0 aromatic heterocycles. The molecule has 0 atom stereocenters. The summed E-state index contributed by atoms with van der Waals surface area (Å²) in [5, 5.41) is 2.45. The van der Waals surface area contributed by atoms with Gasteiger partial charge in [0.1, 0.15) is 12.4 Å². The molecule has 0 amide bonds. The molecule has 3 heteroatoms. The number of hydrogen-bond acceptors (Lipinski definition) is 3. The van der Waals surface area contributed by atoms with E-state index in [1.165, 1.54) is 21.9 Å². The lowest BCUT2D eigenvalue weighted by Gasteiger charge is -2.08. The number of benzene rings is 4. The van der Waals surface area contributed by atoms with E-state index in [9.17, 15) is 0 Å². The minimum atomic E-state index is 0.524. The maximum absolute atomic E-state index is 5.86. The second-order valence-corrected chi connectivity index (χ2v) is 7.80. The highest BCUT2D eigenvalue weighted by atomic mass is 16.5. The number of nitrogens with zero attached hydrogens (tertiary/aromatic N) is 2. The topological polar surface area (TPSA) is 34.0 Å². The molecule has 152 valence electrons. The fourth-order valence-electron chi connectivity index (χ4n) is 4.20. The van der Waals surface area contributed by atoms with Crippen LogP contribution in [0, 0.1) is 13.8 Å². The number of rotatable bonds is 5. The molecule has 0 heterocycles. The maximum atomic E-state index is 5.86. The van der Waals surface area contributed by atoms with Crippen LogP contribution in [0.15, 0.2) is 94.9 Å². The van der Waals surface area contributed by atoms with Gasteiger partial charge >= 0.3 is 0 Å². The summed E-state index contributed by atoms with van der Waals surface area (Å²) >= 11 is 0. The number of aryl methyl sites for hydroxylation is 2. The lowest BCUT2D eigenvalue weighted by molar-refractivity contribution is 0.329. The SMILES string of the molecule is Cc1cccc(C)c1/N=C1/C(=N/CCOc2ccccc2)c2cccc3cccc1c23. The third-order valence-corrected chi connectivity index (χ3v) is 5.68. The molecule has 0 bridgehead atoms. The number of aliphatic imine (C=N–C) groups is 2. The Morgan fingerprint density at radius 2 is 1.32 bits per heavy atom. The van der Waals surface area contributed by atoms with E-state index < -0.39 is 0 Å². The molecule has 4 aromatic carbocycles. The molecule has 0 unspecified atom stereocenters. The molecule has 0 aliphatic heterocycles. The summed E-state index contributed by atoms with van der Waals surface area (Å²) < 4.78 is 5.86. The van der Waals surface area contributed by atoms with Crippen LogP contribution in [-0.2, 0) is 0 Å². The molecule has 0 spiro atoms. The highest BCUT2D eigenvalue weighted by molar-refractivity contribution is 6.61. The molecule has 4 aromatic rings. The van der Waals surface area contributed by atoms with Crippen LogP contribution in [0.3, 0.4) is 0 Å². The van der Waals surface area contributed by atoms with Gasteiger partial charge in [0.2, 0.25) is 0 Å². The van der Waals surface area contributed by atoms with Gasteiger partial charge in [-0.15, -0.1) is 0 Å². The number of para-hydroxylation sites is 2. The Morgan fingerprint density at radius 3 is 2.03 bits per heavy atom. The van der Waals surface area contributed by atoms with Crippen LogP contribution in [0.4, 0.5) is 5.69 Å². The summed E-state index contributed by atoms with van der Waals surface area (Å²) in [6.07, 6.45) is 0. The summed E-state index contributed by atoms with van der Waals surface area (Å²) in [6.45, 7) is 5.32. The van der Waals surface area contributed by atoms with E-state index in [2.05, 4.69) is 68.4 Å². The lowest BCUT2D eigenvalue weighted by Crippen LogP contribution is -2.13. The van der Waals surface area contributed by atoms with Crippen LogP contribution < -0.4 is 4.74 Å². The highest BCUT2D eigenvalue weighted by Gasteiger charge is 2.27. The Hall–Kier alpha value is -3.72. The Balaban J connectivity index is 1.56. The zero-order chi connectivity index (χ0) is 21.2. The third-order valence-electron chi connectivity index (χ3n) is 5.68. The first-order chi connectivity index (χ1) is 15.2. The van der Waals surface area contributed by atoms with Crippen molar-refractivity contribution in [3.8, 4) is 5.75 Å². The van der Waals surface area contributed by atoms with Crippen LogP contribution in [-0.4, -0.2) is 24.6 Å². The fraction of sp³-hybridized carbons (Fsp3) is 0.143. The Bertz CT molecular complexity index is 1290. The Kier molecular flexibility index (Phi) is 5.09. The van der Waals surface area contributed by atoms with Gasteiger partial charge in [-0.3, -0.25) is 4.99 Å². The van der Waals surface area contributed by atoms with Crippen LogP contribution >= 0.6 is 0 Å². The first kappa shape index (κ1) is 19.3. The quantitative estimate of drug-likeness (QED) is 0.352. The van der Waals surface area contributed by atoms with Gasteiger partial charge < -0.3 is 4.74 Å². The van der Waals surface area contributed by atoms with Crippen molar-refractivity contribution in [1.29, 1.82) is 0 Å². The molecule has 5 rings (SSSR count). The minimum absolute atomic E-state index is 0.524. The molecule has 1 aliphatic rings. The Labute approximate surface area is 182 Å². The van der Waals surface area contributed by atoms with Crippen molar-refractivity contribution < 1.29 is 4.74 Å². The fourth-order valence-corrected chi connectivity index (χ4v) is 4.20. The minimum Gasteiger partial charge on any atom is -0.492 e. The van der Waals surface area contributed by atoms with Gasteiger partial charge in [-0.1, -0.05) is 72.8 Å². The van der Waals surface area contributed by atoms with Crippen molar-refractivity contribution in [2.24, 2.45) is 9.98 Å². The van der Waals surface area contributed by atoms with E-state index >= 15 is 0 Å². The number of ether oxygens (including phenoxy) is 1. The summed E-state index contributed by atoms with van der Waals surface area (Å²) in [5.74, 6) is 0.865. The standard InChI is InChI=1S/C28H24N2O/c1-19-9-6-10-20(2)26(19)30-28-24-16-8-12-21-11-7-15-23(25(21)24)27(28)29-17-18-31-22-13-4-3-5-14-22/h3-16H,17-18H2,1-2H3/b29-27+,30-28+. The van der Waals surface area contributed by atoms with Gasteiger partial charge in [0.05, 0.1) is 23.7 Å².